The Hall–Kier alpha value is -3.53. The van der Waals surface area contributed by atoms with Gasteiger partial charge in [-0.15, -0.1) is 0 Å². The van der Waals surface area contributed by atoms with Gasteiger partial charge in [-0.05, 0) is 55.0 Å². The first-order valence-electron chi connectivity index (χ1n) is 11.0. The van der Waals surface area contributed by atoms with E-state index in [1.165, 1.54) is 0 Å². The number of nitrogens with zero attached hydrogens (tertiary/aromatic N) is 2. The number of carbonyl (C=O) groups excluding carboxylic acids is 1. The molecular weight excluding hydrogens is 407 g/mol. The molecule has 3 aromatic rings. The maximum absolute atomic E-state index is 12.7. The van der Waals surface area contributed by atoms with Crippen LogP contribution in [0.15, 0.2) is 42.5 Å². The van der Waals surface area contributed by atoms with Crippen molar-refractivity contribution in [2.24, 2.45) is 5.92 Å². The van der Waals surface area contributed by atoms with Crippen LogP contribution >= 0.6 is 0 Å². The summed E-state index contributed by atoms with van der Waals surface area (Å²) in [6, 6.07) is 15.0. The Morgan fingerprint density at radius 3 is 2.69 bits per heavy atom. The molecule has 1 saturated carbocycles. The van der Waals surface area contributed by atoms with Crippen LogP contribution in [0.3, 0.4) is 0 Å². The van der Waals surface area contributed by atoms with Gasteiger partial charge in [0.05, 0.1) is 16.8 Å². The predicted octanol–water partition coefficient (Wildman–Crippen LogP) is 5.82. The normalized spacial score (nSPS) is 13.0. The van der Waals surface area contributed by atoms with Crippen LogP contribution in [0.4, 0.5) is 14.9 Å². The van der Waals surface area contributed by atoms with Gasteiger partial charge in [0.2, 0.25) is 6.86 Å². The molecule has 1 fully saturated rings. The summed E-state index contributed by atoms with van der Waals surface area (Å²) in [7, 11) is 0. The van der Waals surface area contributed by atoms with E-state index in [9.17, 15) is 14.4 Å². The van der Waals surface area contributed by atoms with Crippen molar-refractivity contribution in [2.75, 3.05) is 18.7 Å². The topological polar surface area (TPSA) is 79.1 Å². The highest BCUT2D eigenvalue weighted by atomic mass is 19.1. The zero-order valence-corrected chi connectivity index (χ0v) is 18.2. The Morgan fingerprint density at radius 2 is 2.03 bits per heavy atom. The van der Waals surface area contributed by atoms with Gasteiger partial charge >= 0.3 is 6.03 Å². The Kier molecular flexibility index (Phi) is 6.60. The molecule has 0 atom stereocenters. The smallest absolute Gasteiger partial charge is 0.319 e. The fraction of sp³-hybridized carbons (Fsp3) is 0.360. The quantitative estimate of drug-likeness (QED) is 0.417. The molecule has 0 spiro atoms. The van der Waals surface area contributed by atoms with E-state index in [1.807, 2.05) is 30.3 Å². The third-order valence-electron chi connectivity index (χ3n) is 5.74. The van der Waals surface area contributed by atoms with E-state index in [0.717, 1.165) is 54.4 Å². The lowest BCUT2D eigenvalue weighted by molar-refractivity contribution is 0.192. The van der Waals surface area contributed by atoms with Crippen LogP contribution < -0.4 is 15.4 Å². The lowest BCUT2D eigenvalue weighted by Gasteiger charge is -2.12. The van der Waals surface area contributed by atoms with Gasteiger partial charge in [0.25, 0.3) is 0 Å². The molecule has 1 aliphatic carbocycles. The number of hydrogen-bond acceptors (Lipinski definition) is 3. The van der Waals surface area contributed by atoms with E-state index in [-0.39, 0.29) is 6.03 Å². The number of nitriles is 1. The van der Waals surface area contributed by atoms with Crippen LogP contribution in [-0.2, 0) is 6.54 Å². The molecule has 6 nitrogen and oxygen atoms in total. The van der Waals surface area contributed by atoms with Gasteiger partial charge in [0.1, 0.15) is 11.8 Å². The number of amides is 2. The number of halogens is 1. The Balaban J connectivity index is 1.68. The summed E-state index contributed by atoms with van der Waals surface area (Å²) in [6.07, 6.45) is 4.29. The van der Waals surface area contributed by atoms with Gasteiger partial charge in [-0.1, -0.05) is 25.5 Å². The molecule has 166 valence electrons. The first-order chi connectivity index (χ1) is 15.6. The minimum atomic E-state index is -0.896. The molecule has 7 heteroatoms. The van der Waals surface area contributed by atoms with E-state index >= 15 is 0 Å². The number of alkyl halides is 1. The van der Waals surface area contributed by atoms with Gasteiger partial charge in [-0.3, -0.25) is 0 Å². The predicted molar refractivity (Wildman–Crippen MR) is 123 cm³/mol. The molecule has 2 aromatic carbocycles. The Morgan fingerprint density at radius 1 is 1.25 bits per heavy atom. The molecular formula is C25H27FN4O2. The van der Waals surface area contributed by atoms with Crippen LogP contribution in [0.1, 0.15) is 38.2 Å². The number of rotatable bonds is 9. The van der Waals surface area contributed by atoms with Gasteiger partial charge in [0, 0.05) is 30.2 Å². The Labute approximate surface area is 187 Å². The van der Waals surface area contributed by atoms with Crippen LogP contribution in [0.25, 0.3) is 22.2 Å². The second-order valence-corrected chi connectivity index (χ2v) is 8.13. The molecule has 1 heterocycles. The molecule has 0 aliphatic heterocycles. The summed E-state index contributed by atoms with van der Waals surface area (Å²) in [5, 5.41) is 16.5. The maximum atomic E-state index is 12.7. The first-order valence-corrected chi connectivity index (χ1v) is 11.0. The second-order valence-electron chi connectivity index (χ2n) is 8.13. The van der Waals surface area contributed by atoms with Gasteiger partial charge in [-0.25, -0.2) is 9.18 Å². The van der Waals surface area contributed by atoms with E-state index in [1.54, 1.807) is 12.1 Å². The van der Waals surface area contributed by atoms with Crippen LogP contribution in [0.2, 0.25) is 0 Å². The van der Waals surface area contributed by atoms with Crippen molar-refractivity contribution >= 4 is 22.6 Å². The van der Waals surface area contributed by atoms with E-state index in [2.05, 4.69) is 28.2 Å². The molecule has 0 radical (unpaired) electrons. The molecule has 0 unspecified atom stereocenters. The minimum Gasteiger partial charge on any atom is -0.463 e. The molecule has 4 rings (SSSR count). The van der Waals surface area contributed by atoms with Crippen LogP contribution in [-0.4, -0.2) is 24.0 Å². The number of anilines is 1. The highest BCUT2D eigenvalue weighted by Crippen LogP contribution is 2.39. The summed E-state index contributed by atoms with van der Waals surface area (Å²) in [6.45, 7) is 2.62. The first kappa shape index (κ1) is 21.7. The standard InChI is InChI=1S/C25H27FN4O2/c1-2-3-12-28-25(31)29-19-8-6-18(7-9-19)24-22(14-27)21-11-10-20(32-16-26)13-23(21)30(24)15-17-4-5-17/h6-11,13,17H,2-5,12,15-16H2,1H3,(H2,28,29,31). The molecule has 0 saturated heterocycles. The van der Waals surface area contributed by atoms with Crippen molar-refractivity contribution in [2.45, 2.75) is 39.2 Å². The minimum absolute atomic E-state index is 0.229. The number of unbranched alkanes of at least 4 members (excludes halogenated alkanes) is 1. The molecule has 0 bridgehead atoms. The lowest BCUT2D eigenvalue weighted by atomic mass is 10.1. The van der Waals surface area contributed by atoms with Crippen molar-refractivity contribution in [3.63, 3.8) is 0 Å². The van der Waals surface area contributed by atoms with Gasteiger partial charge in [-0.2, -0.15) is 5.26 Å². The Bertz CT molecular complexity index is 1140. The zero-order chi connectivity index (χ0) is 22.5. The van der Waals surface area contributed by atoms with Crippen molar-refractivity contribution in [1.29, 1.82) is 5.26 Å². The number of ether oxygens (including phenoxy) is 1. The zero-order valence-electron chi connectivity index (χ0n) is 18.2. The average molecular weight is 435 g/mol. The maximum Gasteiger partial charge on any atom is 0.319 e. The number of hydrogen-bond donors (Lipinski definition) is 2. The monoisotopic (exact) mass is 434 g/mol. The molecule has 2 amide bonds. The fourth-order valence-electron chi connectivity index (χ4n) is 3.91. The van der Waals surface area contributed by atoms with Crippen molar-refractivity contribution in [3.05, 3.63) is 48.0 Å². The van der Waals surface area contributed by atoms with Gasteiger partial charge in [0.15, 0.2) is 0 Å². The average Bonchev–Trinajstić information content (AvgIpc) is 3.56. The van der Waals surface area contributed by atoms with E-state index in [4.69, 9.17) is 4.74 Å². The lowest BCUT2D eigenvalue weighted by Crippen LogP contribution is -2.29. The van der Waals surface area contributed by atoms with Crippen LogP contribution in [0, 0.1) is 17.2 Å². The van der Waals surface area contributed by atoms with Crippen molar-refractivity contribution in [3.8, 4) is 23.1 Å². The number of nitrogens with one attached hydrogen (secondary N) is 2. The number of benzene rings is 2. The number of carbonyl (C=O) groups is 1. The summed E-state index contributed by atoms with van der Waals surface area (Å²) in [4.78, 5) is 12.0. The molecule has 1 aliphatic rings. The third-order valence-corrected chi connectivity index (χ3v) is 5.74. The SMILES string of the molecule is CCCCNC(=O)Nc1ccc(-c2c(C#N)c3ccc(OCF)cc3n2CC2CC2)cc1. The highest BCUT2D eigenvalue weighted by Gasteiger charge is 2.26. The van der Waals surface area contributed by atoms with Gasteiger partial charge < -0.3 is 19.9 Å². The van der Waals surface area contributed by atoms with E-state index < -0.39 is 6.86 Å². The molecule has 2 N–H and O–H groups in total. The summed E-state index contributed by atoms with van der Waals surface area (Å²) < 4.78 is 19.9. The largest absolute Gasteiger partial charge is 0.463 e. The summed E-state index contributed by atoms with van der Waals surface area (Å²) in [5.74, 6) is 1.02. The van der Waals surface area contributed by atoms with Crippen molar-refractivity contribution < 1.29 is 13.9 Å². The number of urea groups is 1. The number of aromatic nitrogens is 1. The summed E-state index contributed by atoms with van der Waals surface area (Å²) in [5.41, 5.74) is 3.87. The fourth-order valence-corrected chi connectivity index (χ4v) is 3.91. The molecule has 32 heavy (non-hydrogen) atoms. The second kappa shape index (κ2) is 9.73. The summed E-state index contributed by atoms with van der Waals surface area (Å²) >= 11 is 0. The van der Waals surface area contributed by atoms with Crippen LogP contribution in [0.5, 0.6) is 5.75 Å². The van der Waals surface area contributed by atoms with Crippen molar-refractivity contribution in [1.82, 2.24) is 9.88 Å². The molecule has 1 aromatic heterocycles. The highest BCUT2D eigenvalue weighted by molar-refractivity contribution is 5.96. The third kappa shape index (κ3) is 4.70. The van der Waals surface area contributed by atoms with E-state index in [0.29, 0.717) is 29.5 Å². The number of fused-ring (bicyclic) bond motifs is 1.